The number of carbonyl (C=O) groups is 2. The number of rotatable bonds is 9. The first kappa shape index (κ1) is 34.6. The summed E-state index contributed by atoms with van der Waals surface area (Å²) in [6.45, 7) is 12.6. The number of carbonyl (C=O) groups excluding carboxylic acids is 2. The quantitative estimate of drug-likeness (QED) is 0.282. The number of hydrogen-bond donors (Lipinski definition) is 0. The van der Waals surface area contributed by atoms with Gasteiger partial charge in [-0.1, -0.05) is 40.5 Å². The zero-order valence-corrected chi connectivity index (χ0v) is 28.3. The van der Waals surface area contributed by atoms with Crippen molar-refractivity contribution in [2.24, 2.45) is 23.7 Å². The first-order valence-corrected chi connectivity index (χ1v) is 17.6. The summed E-state index contributed by atoms with van der Waals surface area (Å²) in [5.74, 6) is -1.08. The van der Waals surface area contributed by atoms with Gasteiger partial charge in [0.15, 0.2) is 0 Å². The van der Waals surface area contributed by atoms with E-state index >= 15 is 0 Å². The molecule has 4 fully saturated rings. The van der Waals surface area contributed by atoms with Gasteiger partial charge in [-0.15, -0.1) is 0 Å². The van der Waals surface area contributed by atoms with Crippen molar-refractivity contribution in [3.8, 4) is 0 Å². The predicted octanol–water partition coefficient (Wildman–Crippen LogP) is 6.32. The largest absolute Gasteiger partial charge is 0.462 e. The van der Waals surface area contributed by atoms with Gasteiger partial charge in [-0.2, -0.15) is 0 Å². The van der Waals surface area contributed by atoms with Crippen molar-refractivity contribution < 1.29 is 33.3 Å². The third-order valence-electron chi connectivity index (χ3n) is 11.0. The lowest BCUT2D eigenvalue weighted by Crippen LogP contribution is -2.44. The minimum absolute atomic E-state index is 0.0175. The fourth-order valence-corrected chi connectivity index (χ4v) is 8.01. The Kier molecular flexibility index (Phi) is 12.8. The molecule has 4 aliphatic rings. The van der Waals surface area contributed by atoms with Crippen LogP contribution in [-0.4, -0.2) is 85.8 Å². The van der Waals surface area contributed by atoms with Crippen LogP contribution >= 0.6 is 0 Å². The van der Waals surface area contributed by atoms with E-state index in [1.165, 1.54) is 0 Å². The third kappa shape index (κ3) is 8.74. The van der Waals surface area contributed by atoms with Gasteiger partial charge in [-0.3, -0.25) is 9.59 Å². The number of ether oxygens (including phenoxy) is 5. The zero-order chi connectivity index (χ0) is 31.3. The minimum atomic E-state index is -0.364. The highest BCUT2D eigenvalue weighted by Crippen LogP contribution is 2.39. The van der Waals surface area contributed by atoms with Gasteiger partial charge in [-0.25, -0.2) is 0 Å². The number of hydrogen-bond acceptors (Lipinski definition) is 8. The summed E-state index contributed by atoms with van der Waals surface area (Å²) >= 11 is 0. The van der Waals surface area contributed by atoms with E-state index in [0.29, 0.717) is 12.5 Å². The minimum Gasteiger partial charge on any atom is -0.462 e. The smallest absolute Gasteiger partial charge is 0.311 e. The van der Waals surface area contributed by atoms with Gasteiger partial charge in [0, 0.05) is 24.3 Å². The Bertz CT molecular complexity index is 897. The number of fused-ring (bicyclic) bond motifs is 4. The molecule has 0 N–H and O–H groups in total. The average molecular weight is 608 g/mol. The van der Waals surface area contributed by atoms with Crippen molar-refractivity contribution in [3.63, 3.8) is 0 Å². The maximum Gasteiger partial charge on any atom is 0.311 e. The molecule has 13 atom stereocenters. The molecule has 0 aromatic rings. The molecule has 4 bridgehead atoms. The summed E-state index contributed by atoms with van der Waals surface area (Å²) in [6, 6.07) is 0.509. The van der Waals surface area contributed by atoms with E-state index in [-0.39, 0.29) is 84.4 Å². The Morgan fingerprint density at radius 2 is 1.42 bits per heavy atom. The van der Waals surface area contributed by atoms with Crippen LogP contribution in [0.15, 0.2) is 0 Å². The van der Waals surface area contributed by atoms with E-state index in [2.05, 4.69) is 46.7 Å². The second kappa shape index (κ2) is 15.9. The Morgan fingerprint density at radius 3 is 2.09 bits per heavy atom. The van der Waals surface area contributed by atoms with Gasteiger partial charge in [0.05, 0.1) is 48.5 Å². The van der Waals surface area contributed by atoms with Crippen LogP contribution in [0.1, 0.15) is 119 Å². The molecule has 0 amide bonds. The molecule has 0 aliphatic carbocycles. The van der Waals surface area contributed by atoms with E-state index in [9.17, 15) is 9.59 Å². The number of cyclic esters (lactones) is 2. The molecule has 0 saturated carbocycles. The Morgan fingerprint density at radius 1 is 0.767 bits per heavy atom. The van der Waals surface area contributed by atoms with E-state index in [1.54, 1.807) is 0 Å². The third-order valence-corrected chi connectivity index (χ3v) is 11.0. The predicted molar refractivity (Wildman–Crippen MR) is 167 cm³/mol. The summed E-state index contributed by atoms with van der Waals surface area (Å²) in [5, 5.41) is 0. The first-order chi connectivity index (χ1) is 20.5. The summed E-state index contributed by atoms with van der Waals surface area (Å²) < 4.78 is 32.2. The average Bonchev–Trinajstić information content (AvgIpc) is 3.75. The molecule has 8 nitrogen and oxygen atoms in total. The normalized spacial score (nSPS) is 40.8. The van der Waals surface area contributed by atoms with Crippen molar-refractivity contribution in [3.05, 3.63) is 0 Å². The standard InChI is InChI=1S/C35H61NO7/c1-9-11-25(36(7)8)19-27-13-15-29(39-27)21(3)33-22(4)30-17-18-32(42-30)24(6)34(37)41-26(12-10-2)20-28-14-16-31(40-28)23(5)35(38)43-33/h21-33H,9-20H2,1-8H3/t21-,22+,23-,24-,25?,26-,27+,28+,29-,30+,31-,32-,33+/m1/s1. The Labute approximate surface area is 261 Å². The van der Waals surface area contributed by atoms with Crippen LogP contribution in [-0.2, 0) is 33.3 Å². The molecule has 4 heterocycles. The molecule has 4 aliphatic heterocycles. The lowest BCUT2D eigenvalue weighted by atomic mass is 9.84. The van der Waals surface area contributed by atoms with E-state index in [1.807, 2.05) is 13.8 Å². The molecule has 4 saturated heterocycles. The Hall–Kier alpha value is -1.22. The van der Waals surface area contributed by atoms with Gasteiger partial charge < -0.3 is 28.6 Å². The maximum atomic E-state index is 13.7. The van der Waals surface area contributed by atoms with E-state index < -0.39 is 0 Å². The highest BCUT2D eigenvalue weighted by molar-refractivity contribution is 5.73. The van der Waals surface area contributed by atoms with Crippen molar-refractivity contribution in [2.75, 3.05) is 14.1 Å². The maximum absolute atomic E-state index is 13.7. The second-order valence-electron chi connectivity index (χ2n) is 14.5. The van der Waals surface area contributed by atoms with Crippen molar-refractivity contribution in [2.45, 2.75) is 173 Å². The van der Waals surface area contributed by atoms with Gasteiger partial charge in [0.1, 0.15) is 12.2 Å². The second-order valence-corrected chi connectivity index (χ2v) is 14.5. The molecular formula is C35H61NO7. The molecule has 0 radical (unpaired) electrons. The zero-order valence-electron chi connectivity index (χ0n) is 28.3. The van der Waals surface area contributed by atoms with Crippen molar-refractivity contribution in [1.82, 2.24) is 4.90 Å². The summed E-state index contributed by atoms with van der Waals surface area (Å²) in [6.07, 6.45) is 10.3. The van der Waals surface area contributed by atoms with Crippen LogP contribution in [0, 0.1) is 23.7 Å². The molecule has 8 heteroatoms. The SMILES string of the molecule is CCCC(C[C@@H]1CC[C@H]([C@@H](C)[C@@H]2OC(=O)[C@H](C)[C@H]3CC[C@@H](C[C@@H](CCC)OC(=O)[C@H](C)[C@H]4CC[C@H](O4)[C@@H]2C)O3)O1)N(C)C. The molecule has 0 aromatic heterocycles. The van der Waals surface area contributed by atoms with Crippen LogP contribution in [0.25, 0.3) is 0 Å². The van der Waals surface area contributed by atoms with Gasteiger partial charge in [0.25, 0.3) is 0 Å². The molecule has 248 valence electrons. The summed E-state index contributed by atoms with van der Waals surface area (Å²) in [7, 11) is 4.32. The first-order valence-electron chi connectivity index (χ1n) is 17.6. The van der Waals surface area contributed by atoms with Gasteiger partial charge in [-0.05, 0) is 85.7 Å². The van der Waals surface area contributed by atoms with E-state index in [0.717, 1.165) is 70.6 Å². The highest BCUT2D eigenvalue weighted by Gasteiger charge is 2.46. The van der Waals surface area contributed by atoms with Crippen LogP contribution in [0.5, 0.6) is 0 Å². The fourth-order valence-electron chi connectivity index (χ4n) is 8.01. The van der Waals surface area contributed by atoms with Gasteiger partial charge in [0.2, 0.25) is 0 Å². The molecule has 4 rings (SSSR count). The summed E-state index contributed by atoms with van der Waals surface area (Å²) in [5.41, 5.74) is 0. The van der Waals surface area contributed by atoms with Crippen LogP contribution < -0.4 is 0 Å². The van der Waals surface area contributed by atoms with Crippen molar-refractivity contribution in [1.29, 1.82) is 0 Å². The Balaban J connectivity index is 1.51. The number of esters is 2. The molecule has 0 aromatic carbocycles. The summed E-state index contributed by atoms with van der Waals surface area (Å²) in [4.78, 5) is 29.3. The fraction of sp³-hybridized carbons (Fsp3) is 0.943. The monoisotopic (exact) mass is 607 g/mol. The topological polar surface area (TPSA) is 83.5 Å². The highest BCUT2D eigenvalue weighted by atomic mass is 16.6. The molecular weight excluding hydrogens is 546 g/mol. The van der Waals surface area contributed by atoms with Crippen LogP contribution in [0.2, 0.25) is 0 Å². The molecule has 43 heavy (non-hydrogen) atoms. The lowest BCUT2D eigenvalue weighted by Gasteiger charge is -2.36. The molecule has 0 spiro atoms. The van der Waals surface area contributed by atoms with Crippen molar-refractivity contribution >= 4 is 11.9 Å². The van der Waals surface area contributed by atoms with E-state index in [4.69, 9.17) is 23.7 Å². The number of nitrogens with zero attached hydrogens (tertiary/aromatic N) is 1. The van der Waals surface area contributed by atoms with Crippen LogP contribution in [0.3, 0.4) is 0 Å². The van der Waals surface area contributed by atoms with Crippen LogP contribution in [0.4, 0.5) is 0 Å². The lowest BCUT2D eigenvalue weighted by molar-refractivity contribution is -0.175. The molecule has 1 unspecified atom stereocenters. The van der Waals surface area contributed by atoms with Gasteiger partial charge >= 0.3 is 11.9 Å².